The molecule has 102 valence electrons. The first-order chi connectivity index (χ1) is 8.67. The van der Waals surface area contributed by atoms with Crippen LogP contribution in [0, 0.1) is 13.8 Å². The minimum absolute atomic E-state index is 0.599. The fourth-order valence-corrected chi connectivity index (χ4v) is 3.42. The smallest absolute Gasteiger partial charge is 0.0628 e. The lowest BCUT2D eigenvalue weighted by Crippen LogP contribution is -2.35. The Morgan fingerprint density at radius 2 is 2.06 bits per heavy atom. The van der Waals surface area contributed by atoms with Crippen molar-refractivity contribution in [1.29, 1.82) is 0 Å². The summed E-state index contributed by atoms with van der Waals surface area (Å²) < 4.78 is 2.30. The summed E-state index contributed by atoms with van der Waals surface area (Å²) >= 11 is 0. The van der Waals surface area contributed by atoms with Crippen molar-refractivity contribution >= 4 is 0 Å². The lowest BCUT2D eigenvalue weighted by Gasteiger charge is -2.30. The number of aryl methyl sites for hydroxylation is 1. The van der Waals surface area contributed by atoms with E-state index in [1.807, 2.05) is 0 Å². The zero-order valence-corrected chi connectivity index (χ0v) is 12.3. The third-order valence-electron chi connectivity index (χ3n) is 4.31. The zero-order chi connectivity index (χ0) is 13.1. The fraction of sp³-hybridized carbons (Fsp3) is 0.800. The van der Waals surface area contributed by atoms with Crippen molar-refractivity contribution in [2.45, 2.75) is 71.9 Å². The summed E-state index contributed by atoms with van der Waals surface area (Å²) in [5, 5.41) is 8.39. The number of hydrogen-bond acceptors (Lipinski definition) is 2. The molecular weight excluding hydrogens is 222 g/mol. The minimum Gasteiger partial charge on any atom is -0.314 e. The average Bonchev–Trinajstić information content (AvgIpc) is 2.65. The average molecular weight is 249 g/mol. The number of nitrogens with zero attached hydrogens (tertiary/aromatic N) is 2. The van der Waals surface area contributed by atoms with Crippen LogP contribution in [0.1, 0.15) is 62.5 Å². The van der Waals surface area contributed by atoms with E-state index in [1.54, 1.807) is 0 Å². The van der Waals surface area contributed by atoms with Gasteiger partial charge in [-0.3, -0.25) is 4.68 Å². The van der Waals surface area contributed by atoms with E-state index in [-0.39, 0.29) is 0 Å². The zero-order valence-electron chi connectivity index (χ0n) is 12.3. The van der Waals surface area contributed by atoms with Crippen molar-refractivity contribution in [3.05, 3.63) is 17.0 Å². The predicted octanol–water partition coefficient (Wildman–Crippen LogP) is 3.16. The van der Waals surface area contributed by atoms with Gasteiger partial charge in [-0.25, -0.2) is 0 Å². The molecule has 1 N–H and O–H groups in total. The van der Waals surface area contributed by atoms with Crippen LogP contribution in [-0.2, 0) is 6.42 Å². The summed E-state index contributed by atoms with van der Waals surface area (Å²) in [6.45, 7) is 9.88. The molecule has 3 heteroatoms. The number of aromatic nitrogens is 2. The summed E-state index contributed by atoms with van der Waals surface area (Å²) in [4.78, 5) is 0. The first kappa shape index (κ1) is 13.6. The van der Waals surface area contributed by atoms with E-state index in [4.69, 9.17) is 5.10 Å². The van der Waals surface area contributed by atoms with Gasteiger partial charge >= 0.3 is 0 Å². The maximum atomic E-state index is 4.79. The summed E-state index contributed by atoms with van der Waals surface area (Å²) in [5.41, 5.74) is 4.05. The van der Waals surface area contributed by atoms with Crippen LogP contribution in [0.15, 0.2) is 0 Å². The van der Waals surface area contributed by atoms with Gasteiger partial charge in [-0.1, -0.05) is 13.8 Å². The normalized spacial score (nSPS) is 24.4. The van der Waals surface area contributed by atoms with Crippen LogP contribution < -0.4 is 5.32 Å². The van der Waals surface area contributed by atoms with E-state index >= 15 is 0 Å². The third kappa shape index (κ3) is 2.61. The summed E-state index contributed by atoms with van der Waals surface area (Å²) in [6, 6.07) is 1.28. The number of nitrogens with one attached hydrogen (secondary N) is 1. The molecule has 3 nitrogen and oxygen atoms in total. The van der Waals surface area contributed by atoms with Crippen LogP contribution in [0.2, 0.25) is 0 Å². The van der Waals surface area contributed by atoms with Gasteiger partial charge < -0.3 is 5.32 Å². The van der Waals surface area contributed by atoms with Gasteiger partial charge in [0.05, 0.1) is 11.7 Å². The molecule has 2 rings (SSSR count). The second-order valence-electron chi connectivity index (χ2n) is 5.52. The topological polar surface area (TPSA) is 29.9 Å². The van der Waals surface area contributed by atoms with E-state index in [0.29, 0.717) is 12.1 Å². The Balaban J connectivity index is 2.15. The van der Waals surface area contributed by atoms with Gasteiger partial charge in [-0.2, -0.15) is 5.10 Å². The molecule has 1 saturated carbocycles. The van der Waals surface area contributed by atoms with Gasteiger partial charge in [0, 0.05) is 11.7 Å². The van der Waals surface area contributed by atoms with E-state index in [0.717, 1.165) is 13.0 Å². The van der Waals surface area contributed by atoms with Gasteiger partial charge in [0.2, 0.25) is 0 Å². The molecule has 1 aliphatic rings. The molecule has 0 aromatic carbocycles. The summed E-state index contributed by atoms with van der Waals surface area (Å²) in [7, 11) is 0. The van der Waals surface area contributed by atoms with Crippen LogP contribution in [-0.4, -0.2) is 22.4 Å². The molecule has 1 aliphatic carbocycles. The summed E-state index contributed by atoms with van der Waals surface area (Å²) in [5.74, 6) is 0. The largest absolute Gasteiger partial charge is 0.314 e. The predicted molar refractivity (Wildman–Crippen MR) is 76.0 cm³/mol. The SMILES string of the molecule is CCNC1CCCC(n2nc(C)c(CC)c2C)C1. The lowest BCUT2D eigenvalue weighted by molar-refractivity contribution is 0.269. The molecule has 0 amide bonds. The molecule has 1 aromatic rings. The molecule has 0 spiro atoms. The van der Waals surface area contributed by atoms with Crippen LogP contribution in [0.5, 0.6) is 0 Å². The Bertz CT molecular complexity index is 393. The van der Waals surface area contributed by atoms with Crippen molar-refractivity contribution in [2.24, 2.45) is 0 Å². The Labute approximate surface area is 111 Å². The number of hydrogen-bond donors (Lipinski definition) is 1. The second kappa shape index (κ2) is 5.87. The molecule has 2 unspecified atom stereocenters. The lowest BCUT2D eigenvalue weighted by atomic mass is 9.91. The van der Waals surface area contributed by atoms with Crippen LogP contribution in [0.25, 0.3) is 0 Å². The first-order valence-electron chi connectivity index (χ1n) is 7.45. The highest BCUT2D eigenvalue weighted by molar-refractivity contribution is 5.24. The molecule has 1 heterocycles. The summed E-state index contributed by atoms with van der Waals surface area (Å²) in [6.07, 6.45) is 6.26. The molecule has 0 radical (unpaired) electrons. The standard InChI is InChI=1S/C15H27N3/c1-5-15-11(3)17-18(12(15)4)14-9-7-8-13(10-14)16-6-2/h13-14,16H,5-10H2,1-4H3. The molecule has 2 atom stereocenters. The van der Waals surface area contributed by atoms with Gasteiger partial charge in [0.1, 0.15) is 0 Å². The quantitative estimate of drug-likeness (QED) is 0.888. The van der Waals surface area contributed by atoms with E-state index < -0.39 is 0 Å². The monoisotopic (exact) mass is 249 g/mol. The van der Waals surface area contributed by atoms with Crippen molar-refractivity contribution in [1.82, 2.24) is 15.1 Å². The van der Waals surface area contributed by atoms with Gasteiger partial charge in [-0.05, 0) is 58.1 Å². The van der Waals surface area contributed by atoms with Gasteiger partial charge in [0.25, 0.3) is 0 Å². The highest BCUT2D eigenvalue weighted by atomic mass is 15.3. The molecule has 0 bridgehead atoms. The van der Waals surface area contributed by atoms with Crippen molar-refractivity contribution in [3.8, 4) is 0 Å². The van der Waals surface area contributed by atoms with E-state index in [2.05, 4.69) is 37.7 Å². The Morgan fingerprint density at radius 1 is 1.28 bits per heavy atom. The highest BCUT2D eigenvalue weighted by Crippen LogP contribution is 2.30. The Morgan fingerprint density at radius 3 is 2.67 bits per heavy atom. The third-order valence-corrected chi connectivity index (χ3v) is 4.31. The Hall–Kier alpha value is -0.830. The molecule has 18 heavy (non-hydrogen) atoms. The molecule has 1 fully saturated rings. The van der Waals surface area contributed by atoms with Crippen molar-refractivity contribution in [2.75, 3.05) is 6.54 Å². The van der Waals surface area contributed by atoms with E-state index in [1.165, 1.54) is 42.6 Å². The minimum atomic E-state index is 0.599. The van der Waals surface area contributed by atoms with Gasteiger partial charge in [0.15, 0.2) is 0 Å². The molecular formula is C15H27N3. The maximum absolute atomic E-state index is 4.79. The van der Waals surface area contributed by atoms with Crippen molar-refractivity contribution in [3.63, 3.8) is 0 Å². The van der Waals surface area contributed by atoms with Crippen LogP contribution in [0.3, 0.4) is 0 Å². The number of rotatable bonds is 4. The maximum Gasteiger partial charge on any atom is 0.0628 e. The van der Waals surface area contributed by atoms with Crippen molar-refractivity contribution < 1.29 is 0 Å². The Kier molecular flexibility index (Phi) is 4.44. The molecule has 0 saturated heterocycles. The van der Waals surface area contributed by atoms with Crippen LogP contribution in [0.4, 0.5) is 0 Å². The molecule has 1 aromatic heterocycles. The van der Waals surface area contributed by atoms with Crippen LogP contribution >= 0.6 is 0 Å². The van der Waals surface area contributed by atoms with Gasteiger partial charge in [-0.15, -0.1) is 0 Å². The van der Waals surface area contributed by atoms with E-state index in [9.17, 15) is 0 Å². The highest BCUT2D eigenvalue weighted by Gasteiger charge is 2.25. The second-order valence-corrected chi connectivity index (χ2v) is 5.52. The molecule has 0 aliphatic heterocycles. The first-order valence-corrected chi connectivity index (χ1v) is 7.45. The fourth-order valence-electron chi connectivity index (χ4n) is 3.42.